The molecule has 0 aromatic heterocycles. The predicted molar refractivity (Wildman–Crippen MR) is 134 cm³/mol. The second-order valence-electron chi connectivity index (χ2n) is 10.3. The Bertz CT molecular complexity index is 957. The molecule has 1 aromatic rings. The fourth-order valence-electron chi connectivity index (χ4n) is 5.72. The molecule has 10 heteroatoms. The standard InChI is InChI=1S/C25H36N2O4.C2H2O4/c1-2-12-26(19-15-20-21(28)8-7-9-22(20)31-18-19)13-5-6-14-27-23(29)16-25(17-24(27)30)10-3-4-11-25;3-1(4)2(5)6/h7-9,19,28H,2-6,10-18H2,1H3;(H,3,4)(H,5,6). The molecule has 3 aliphatic rings. The number of likely N-dealkylation sites (tertiary alicyclic amines) is 1. The fourth-order valence-corrected chi connectivity index (χ4v) is 5.72. The third-order valence-electron chi connectivity index (χ3n) is 7.59. The highest BCUT2D eigenvalue weighted by atomic mass is 16.5. The zero-order valence-corrected chi connectivity index (χ0v) is 21.5. The number of unbranched alkanes of at least 4 members (excludes halogenated alkanes) is 1. The summed E-state index contributed by atoms with van der Waals surface area (Å²) in [4.78, 5) is 47.4. The number of piperidine rings is 1. The van der Waals surface area contributed by atoms with Crippen molar-refractivity contribution in [3.8, 4) is 11.5 Å². The average Bonchev–Trinajstić information content (AvgIpc) is 3.30. The maximum atomic E-state index is 12.6. The third kappa shape index (κ3) is 7.44. The molecule has 2 amide bonds. The van der Waals surface area contributed by atoms with Crippen LogP contribution in [0.3, 0.4) is 0 Å². The van der Waals surface area contributed by atoms with Crippen LogP contribution in [0.25, 0.3) is 0 Å². The molecule has 10 nitrogen and oxygen atoms in total. The zero-order valence-electron chi connectivity index (χ0n) is 21.5. The van der Waals surface area contributed by atoms with E-state index in [4.69, 9.17) is 24.5 Å². The SMILES string of the molecule is CCCN(CCCCN1C(=O)CC2(CCCC2)CC1=O)C1COc2cccc(O)c2C1.O=C(O)C(=O)O. The molecule has 37 heavy (non-hydrogen) atoms. The van der Waals surface area contributed by atoms with Gasteiger partial charge in [0.2, 0.25) is 11.8 Å². The molecule has 0 bridgehead atoms. The normalized spacial score (nSPS) is 20.3. The number of aromatic hydroxyl groups is 1. The first-order valence-electron chi connectivity index (χ1n) is 13.1. The Morgan fingerprint density at radius 2 is 1.70 bits per heavy atom. The van der Waals surface area contributed by atoms with Gasteiger partial charge in [-0.1, -0.05) is 25.8 Å². The second-order valence-corrected chi connectivity index (χ2v) is 10.3. The summed E-state index contributed by atoms with van der Waals surface area (Å²) in [6, 6.07) is 5.69. The molecule has 0 radical (unpaired) electrons. The van der Waals surface area contributed by atoms with Crippen molar-refractivity contribution in [2.45, 2.75) is 77.2 Å². The van der Waals surface area contributed by atoms with Crippen LogP contribution in [0.5, 0.6) is 11.5 Å². The number of fused-ring (bicyclic) bond motifs is 1. The van der Waals surface area contributed by atoms with Gasteiger partial charge in [-0.25, -0.2) is 9.59 Å². The number of hydrogen-bond acceptors (Lipinski definition) is 7. The number of carboxylic acids is 2. The highest BCUT2D eigenvalue weighted by Crippen LogP contribution is 2.46. The number of aliphatic carboxylic acids is 2. The Kier molecular flexibility index (Phi) is 9.91. The van der Waals surface area contributed by atoms with Crippen molar-refractivity contribution < 1.29 is 39.2 Å². The number of nitrogens with zero attached hydrogens (tertiary/aromatic N) is 2. The summed E-state index contributed by atoms with van der Waals surface area (Å²) in [7, 11) is 0. The smallest absolute Gasteiger partial charge is 0.414 e. The first-order chi connectivity index (χ1) is 17.7. The topological polar surface area (TPSA) is 145 Å². The number of carbonyl (C=O) groups is 4. The van der Waals surface area contributed by atoms with Crippen molar-refractivity contribution in [2.24, 2.45) is 5.41 Å². The van der Waals surface area contributed by atoms with E-state index in [0.717, 1.165) is 75.8 Å². The number of phenols is 1. The van der Waals surface area contributed by atoms with Crippen LogP contribution >= 0.6 is 0 Å². The lowest BCUT2D eigenvalue weighted by Crippen LogP contribution is -2.47. The summed E-state index contributed by atoms with van der Waals surface area (Å²) in [5, 5.41) is 25.0. The molecule has 204 valence electrons. The Balaban J connectivity index is 0.000000568. The van der Waals surface area contributed by atoms with Gasteiger partial charge >= 0.3 is 11.9 Å². The number of rotatable bonds is 8. The summed E-state index contributed by atoms with van der Waals surface area (Å²) in [5.74, 6) is -2.48. The van der Waals surface area contributed by atoms with Gasteiger partial charge in [0.25, 0.3) is 0 Å². The highest BCUT2D eigenvalue weighted by molar-refractivity contribution is 6.27. The molecular weight excluding hydrogens is 480 g/mol. The summed E-state index contributed by atoms with van der Waals surface area (Å²) in [5.41, 5.74) is 0.871. The molecule has 1 spiro atoms. The van der Waals surface area contributed by atoms with Crippen LogP contribution in [-0.4, -0.2) is 81.2 Å². The summed E-state index contributed by atoms with van der Waals surface area (Å²) >= 11 is 0. The van der Waals surface area contributed by atoms with Crippen LogP contribution in [0.1, 0.15) is 70.3 Å². The van der Waals surface area contributed by atoms with Crippen LogP contribution in [0.15, 0.2) is 18.2 Å². The molecule has 1 saturated carbocycles. The molecule has 2 aliphatic heterocycles. The maximum Gasteiger partial charge on any atom is 0.414 e. The van der Waals surface area contributed by atoms with E-state index in [1.54, 1.807) is 6.07 Å². The second kappa shape index (κ2) is 12.9. The van der Waals surface area contributed by atoms with Crippen molar-refractivity contribution in [1.82, 2.24) is 9.80 Å². The van der Waals surface area contributed by atoms with E-state index in [1.165, 1.54) is 4.90 Å². The van der Waals surface area contributed by atoms with E-state index in [9.17, 15) is 14.7 Å². The molecule has 1 saturated heterocycles. The van der Waals surface area contributed by atoms with Crippen LogP contribution in [0, 0.1) is 5.41 Å². The average molecular weight is 519 g/mol. The summed E-state index contributed by atoms with van der Waals surface area (Å²) in [6.07, 6.45) is 9.10. The van der Waals surface area contributed by atoms with E-state index >= 15 is 0 Å². The van der Waals surface area contributed by atoms with Gasteiger partial charge in [-0.05, 0) is 69.2 Å². The van der Waals surface area contributed by atoms with Gasteiger partial charge in [0.15, 0.2) is 0 Å². The number of phenolic OH excluding ortho intramolecular Hbond substituents is 1. The Morgan fingerprint density at radius 1 is 1.05 bits per heavy atom. The molecule has 1 aromatic carbocycles. The number of hydrogen-bond donors (Lipinski definition) is 3. The molecule has 4 rings (SSSR count). The number of carboxylic acid groups (broad SMARTS) is 2. The lowest BCUT2D eigenvalue weighted by Gasteiger charge is -2.37. The molecule has 1 atom stereocenters. The van der Waals surface area contributed by atoms with Crippen LogP contribution < -0.4 is 4.74 Å². The van der Waals surface area contributed by atoms with Crippen molar-refractivity contribution in [2.75, 3.05) is 26.2 Å². The number of ether oxygens (including phenoxy) is 1. The van der Waals surface area contributed by atoms with Gasteiger partial charge in [0, 0.05) is 31.0 Å². The lowest BCUT2D eigenvalue weighted by atomic mass is 9.76. The van der Waals surface area contributed by atoms with E-state index in [0.29, 0.717) is 31.7 Å². The van der Waals surface area contributed by atoms with E-state index in [2.05, 4.69) is 11.8 Å². The van der Waals surface area contributed by atoms with Gasteiger partial charge in [-0.2, -0.15) is 0 Å². The predicted octanol–water partition coefficient (Wildman–Crippen LogP) is 3.05. The van der Waals surface area contributed by atoms with Crippen LogP contribution in [-0.2, 0) is 25.6 Å². The third-order valence-corrected chi connectivity index (χ3v) is 7.59. The molecule has 3 N–H and O–H groups in total. The first-order valence-corrected chi connectivity index (χ1v) is 13.1. The minimum Gasteiger partial charge on any atom is -0.508 e. The molecule has 2 fully saturated rings. The first kappa shape index (κ1) is 28.4. The van der Waals surface area contributed by atoms with Crippen molar-refractivity contribution in [3.05, 3.63) is 23.8 Å². The van der Waals surface area contributed by atoms with Gasteiger partial charge in [-0.15, -0.1) is 0 Å². The molecule has 1 aliphatic carbocycles. The van der Waals surface area contributed by atoms with Crippen molar-refractivity contribution in [3.63, 3.8) is 0 Å². The Morgan fingerprint density at radius 3 is 2.30 bits per heavy atom. The number of benzene rings is 1. The number of amides is 2. The van der Waals surface area contributed by atoms with Crippen molar-refractivity contribution in [1.29, 1.82) is 0 Å². The summed E-state index contributed by atoms with van der Waals surface area (Å²) < 4.78 is 5.92. The van der Waals surface area contributed by atoms with Gasteiger partial charge in [0.05, 0.1) is 0 Å². The highest BCUT2D eigenvalue weighted by Gasteiger charge is 2.44. The molecular formula is C27H38N2O8. The molecule has 2 heterocycles. The van der Waals surface area contributed by atoms with Gasteiger partial charge in [-0.3, -0.25) is 19.4 Å². The minimum absolute atomic E-state index is 0.0224. The Labute approximate surface area is 217 Å². The van der Waals surface area contributed by atoms with Gasteiger partial charge < -0.3 is 20.1 Å². The van der Waals surface area contributed by atoms with Crippen molar-refractivity contribution >= 4 is 23.8 Å². The summed E-state index contributed by atoms with van der Waals surface area (Å²) in [6.45, 7) is 5.22. The molecule has 1 unspecified atom stereocenters. The van der Waals surface area contributed by atoms with E-state index in [-0.39, 0.29) is 23.3 Å². The van der Waals surface area contributed by atoms with Crippen LogP contribution in [0.4, 0.5) is 0 Å². The largest absolute Gasteiger partial charge is 0.508 e. The van der Waals surface area contributed by atoms with Crippen LogP contribution in [0.2, 0.25) is 0 Å². The quantitative estimate of drug-likeness (QED) is 0.269. The van der Waals surface area contributed by atoms with Gasteiger partial charge in [0.1, 0.15) is 18.1 Å². The maximum absolute atomic E-state index is 12.6. The minimum atomic E-state index is -1.82. The number of imide groups is 1. The fraction of sp³-hybridized carbons (Fsp3) is 0.630. The number of carbonyl (C=O) groups excluding carboxylic acids is 2. The van der Waals surface area contributed by atoms with E-state index < -0.39 is 11.9 Å². The van der Waals surface area contributed by atoms with E-state index in [1.807, 2.05) is 12.1 Å². The lowest BCUT2D eigenvalue weighted by molar-refractivity contribution is -0.159. The zero-order chi connectivity index (χ0) is 27.0. The monoisotopic (exact) mass is 518 g/mol. The Hall–Kier alpha value is -3.14.